The fourth-order valence-corrected chi connectivity index (χ4v) is 6.93. The molecule has 1 aromatic heterocycles. The van der Waals surface area contributed by atoms with E-state index in [0.717, 1.165) is 35.5 Å². The average molecular weight is 611 g/mol. The molecule has 1 N–H and O–H groups in total. The number of quaternary nitrogens is 1. The van der Waals surface area contributed by atoms with Gasteiger partial charge in [0.1, 0.15) is 24.7 Å². The third-order valence-electron chi connectivity index (χ3n) is 8.80. The summed E-state index contributed by atoms with van der Waals surface area (Å²) in [4.78, 5) is 30.1. The summed E-state index contributed by atoms with van der Waals surface area (Å²) >= 11 is 0. The van der Waals surface area contributed by atoms with Gasteiger partial charge in [0.25, 0.3) is 0 Å². The van der Waals surface area contributed by atoms with Crippen molar-refractivity contribution in [3.63, 3.8) is 0 Å². The minimum Gasteiger partial charge on any atom is -0.450 e. The summed E-state index contributed by atoms with van der Waals surface area (Å²) in [6.45, 7) is 10.6. The number of carbonyl (C=O) groups excluding carboxylic acids is 2. The van der Waals surface area contributed by atoms with E-state index in [0.29, 0.717) is 35.5 Å². The number of hydrogen-bond donors (Lipinski definition) is 1. The van der Waals surface area contributed by atoms with Crippen molar-refractivity contribution in [2.45, 2.75) is 64.1 Å². The van der Waals surface area contributed by atoms with Gasteiger partial charge in [-0.3, -0.25) is 9.78 Å². The van der Waals surface area contributed by atoms with Crippen LogP contribution in [0.15, 0.2) is 73.4 Å². The molecule has 0 radical (unpaired) electrons. The van der Waals surface area contributed by atoms with Crippen LogP contribution in [0.1, 0.15) is 56.4 Å². The van der Waals surface area contributed by atoms with Crippen LogP contribution in [-0.2, 0) is 27.0 Å². The maximum Gasteiger partial charge on any atom is 0.416 e. The van der Waals surface area contributed by atoms with Crippen LogP contribution in [0.3, 0.4) is 0 Å². The molecule has 4 heterocycles. The van der Waals surface area contributed by atoms with Gasteiger partial charge in [-0.25, -0.2) is 4.79 Å². The molecular formula is C34H39F3N3O4+. The quantitative estimate of drug-likeness (QED) is 0.169. The van der Waals surface area contributed by atoms with Crippen molar-refractivity contribution in [1.29, 1.82) is 0 Å². The molecule has 5 atom stereocenters. The Morgan fingerprint density at radius 3 is 2.64 bits per heavy atom. The van der Waals surface area contributed by atoms with Gasteiger partial charge in [0, 0.05) is 41.5 Å². The molecule has 3 aliphatic heterocycles. The van der Waals surface area contributed by atoms with Gasteiger partial charge in [-0.1, -0.05) is 36.4 Å². The van der Waals surface area contributed by atoms with Crippen LogP contribution in [0, 0.1) is 11.8 Å². The van der Waals surface area contributed by atoms with E-state index in [1.54, 1.807) is 33.0 Å². The van der Waals surface area contributed by atoms with Crippen LogP contribution in [0.5, 0.6) is 0 Å². The summed E-state index contributed by atoms with van der Waals surface area (Å²) in [5.41, 5.74) is 0.665. The largest absolute Gasteiger partial charge is 0.450 e. The van der Waals surface area contributed by atoms with E-state index < -0.39 is 42.1 Å². The number of esters is 1. The predicted molar refractivity (Wildman–Crippen MR) is 160 cm³/mol. The van der Waals surface area contributed by atoms with Crippen LogP contribution >= 0.6 is 0 Å². The molecule has 7 nitrogen and oxygen atoms in total. The first-order chi connectivity index (χ1) is 20.8. The van der Waals surface area contributed by atoms with Gasteiger partial charge in [-0.05, 0) is 51.0 Å². The third kappa shape index (κ3) is 6.90. The Labute approximate surface area is 255 Å². The number of pyridine rings is 1. The molecular weight excluding hydrogens is 571 g/mol. The van der Waals surface area contributed by atoms with Gasteiger partial charge in [-0.2, -0.15) is 13.2 Å². The number of nitrogens with zero attached hydrogens (tertiary/aromatic N) is 2. The van der Waals surface area contributed by atoms with Crippen LogP contribution in [-0.4, -0.2) is 52.8 Å². The molecule has 10 heteroatoms. The molecule has 2 aromatic carbocycles. The number of ether oxygens (including phenoxy) is 2. The van der Waals surface area contributed by atoms with E-state index in [2.05, 4.69) is 16.9 Å². The Bertz CT molecular complexity index is 1530. The summed E-state index contributed by atoms with van der Waals surface area (Å²) in [5.74, 6) is -0.153. The van der Waals surface area contributed by atoms with Gasteiger partial charge in [0.05, 0.1) is 24.2 Å². The first-order valence-electron chi connectivity index (χ1n) is 14.9. The molecule has 3 aromatic rings. The number of para-hydroxylation sites is 1. The van der Waals surface area contributed by atoms with Crippen LogP contribution < -0.4 is 5.32 Å². The Morgan fingerprint density at radius 1 is 1.14 bits per heavy atom. The molecule has 3 fully saturated rings. The minimum atomic E-state index is -4.46. The summed E-state index contributed by atoms with van der Waals surface area (Å²) in [6.07, 6.45) is -0.709. The van der Waals surface area contributed by atoms with E-state index in [1.165, 1.54) is 12.1 Å². The van der Waals surface area contributed by atoms with E-state index in [-0.39, 0.29) is 12.0 Å². The number of carbonyl (C=O) groups is 2. The number of rotatable bonds is 8. The fraction of sp³-hybridized carbons (Fsp3) is 0.441. The highest BCUT2D eigenvalue weighted by atomic mass is 19.4. The number of halogens is 3. The number of fused-ring (bicyclic) bond motifs is 4. The number of alkyl carbamates (subject to hydrolysis) is 1. The summed E-state index contributed by atoms with van der Waals surface area (Å²) < 4.78 is 53.0. The predicted octanol–water partition coefficient (Wildman–Crippen LogP) is 6.97. The van der Waals surface area contributed by atoms with Crippen molar-refractivity contribution in [3.05, 3.63) is 90.1 Å². The summed E-state index contributed by atoms with van der Waals surface area (Å²) in [6, 6.07) is 14.7. The summed E-state index contributed by atoms with van der Waals surface area (Å²) in [7, 11) is 0. The van der Waals surface area contributed by atoms with Crippen molar-refractivity contribution in [1.82, 2.24) is 10.3 Å². The molecule has 1 unspecified atom stereocenters. The highest BCUT2D eigenvalue weighted by Crippen LogP contribution is 2.49. The first kappa shape index (κ1) is 31.5. The number of aromatic nitrogens is 1. The highest BCUT2D eigenvalue weighted by Gasteiger charge is 2.55. The molecule has 0 aliphatic carbocycles. The Balaban J connectivity index is 1.53. The zero-order chi connectivity index (χ0) is 31.7. The smallest absolute Gasteiger partial charge is 0.416 e. The van der Waals surface area contributed by atoms with E-state index >= 15 is 0 Å². The average Bonchev–Trinajstić information content (AvgIpc) is 2.97. The molecule has 1 amide bonds. The van der Waals surface area contributed by atoms with Gasteiger partial charge in [0.2, 0.25) is 0 Å². The maximum atomic E-state index is 13.7. The number of hydrogen-bond acceptors (Lipinski definition) is 5. The van der Waals surface area contributed by atoms with E-state index in [4.69, 9.17) is 9.47 Å². The lowest BCUT2D eigenvalue weighted by Crippen LogP contribution is -2.67. The number of benzene rings is 2. The SMILES string of the molecule is C=C[C@H]1C[N+]2(Cc3cccc(C(F)(F)F)c3)CC[C@H]1C[C@@H]2[C@@H](OC(=O)CNC(=O)OC(C)(C)C)c1ccnc2ccccc12. The topological polar surface area (TPSA) is 77.5 Å². The lowest BCUT2D eigenvalue weighted by atomic mass is 9.71. The lowest BCUT2D eigenvalue weighted by Gasteiger charge is -2.58. The standard InChI is InChI=1S/C34H38F3N3O4/c1-5-23-21-40(20-22-9-8-10-25(17-22)34(35,36)37)16-14-24(23)18-29(40)31(27-13-15-38-28-12-7-6-11-26(27)28)43-30(41)19-39-32(42)44-33(2,3)4/h5-13,15,17,23-24,29,31H,1,14,16,18-21H2,2-4H3/p+1/t23-,24-,29+,31-,40?/m0/s1. The van der Waals surface area contributed by atoms with Gasteiger partial charge in [0.15, 0.2) is 6.10 Å². The van der Waals surface area contributed by atoms with E-state index in [9.17, 15) is 22.8 Å². The molecule has 6 rings (SSSR count). The second kappa shape index (κ2) is 12.2. The van der Waals surface area contributed by atoms with Crippen LogP contribution in [0.4, 0.5) is 18.0 Å². The number of alkyl halides is 3. The van der Waals surface area contributed by atoms with Crippen molar-refractivity contribution in [2.75, 3.05) is 19.6 Å². The second-order valence-corrected chi connectivity index (χ2v) is 12.9. The maximum absolute atomic E-state index is 13.7. The molecule has 3 saturated heterocycles. The Hall–Kier alpha value is -3.92. The zero-order valence-corrected chi connectivity index (χ0v) is 25.3. The van der Waals surface area contributed by atoms with Crippen molar-refractivity contribution in [3.8, 4) is 0 Å². The fourth-order valence-electron chi connectivity index (χ4n) is 6.93. The molecule has 2 bridgehead atoms. The summed E-state index contributed by atoms with van der Waals surface area (Å²) in [5, 5.41) is 3.31. The van der Waals surface area contributed by atoms with Crippen molar-refractivity contribution in [2.24, 2.45) is 11.8 Å². The van der Waals surface area contributed by atoms with Gasteiger partial charge >= 0.3 is 18.2 Å². The van der Waals surface area contributed by atoms with Crippen LogP contribution in [0.25, 0.3) is 10.9 Å². The minimum absolute atomic E-state index is 0.185. The number of piperidine rings is 3. The molecule has 44 heavy (non-hydrogen) atoms. The van der Waals surface area contributed by atoms with Gasteiger partial charge in [-0.15, -0.1) is 6.58 Å². The molecule has 3 aliphatic rings. The Morgan fingerprint density at radius 2 is 1.91 bits per heavy atom. The van der Waals surface area contributed by atoms with Crippen molar-refractivity contribution >= 4 is 23.0 Å². The monoisotopic (exact) mass is 610 g/mol. The normalized spacial score (nSPS) is 24.0. The highest BCUT2D eigenvalue weighted by molar-refractivity contribution is 5.83. The lowest BCUT2D eigenvalue weighted by molar-refractivity contribution is -0.984. The van der Waals surface area contributed by atoms with Gasteiger partial charge < -0.3 is 19.3 Å². The van der Waals surface area contributed by atoms with E-state index in [1.807, 2.05) is 36.4 Å². The van der Waals surface area contributed by atoms with Crippen molar-refractivity contribution < 1.29 is 36.7 Å². The number of amides is 1. The second-order valence-electron chi connectivity index (χ2n) is 12.9. The first-order valence-corrected chi connectivity index (χ1v) is 14.9. The number of nitrogens with one attached hydrogen (secondary N) is 1. The molecule has 0 saturated carbocycles. The molecule has 234 valence electrons. The molecule has 0 spiro atoms. The third-order valence-corrected chi connectivity index (χ3v) is 8.80. The Kier molecular flexibility index (Phi) is 8.75. The zero-order valence-electron chi connectivity index (χ0n) is 25.3. The van der Waals surface area contributed by atoms with Crippen LogP contribution in [0.2, 0.25) is 0 Å².